The average Bonchev–Trinajstić information content (AvgIpc) is 3.17. The fourth-order valence-corrected chi connectivity index (χ4v) is 4.42. The summed E-state index contributed by atoms with van der Waals surface area (Å²) >= 11 is 1.47. The number of amides is 1. The molecule has 0 bridgehead atoms. The summed E-state index contributed by atoms with van der Waals surface area (Å²) < 4.78 is 5.93. The highest BCUT2D eigenvalue weighted by atomic mass is 32.1. The highest BCUT2D eigenvalue weighted by Crippen LogP contribution is 2.29. The Labute approximate surface area is 145 Å². The molecule has 2 aromatic heterocycles. The Morgan fingerprint density at radius 1 is 1.33 bits per heavy atom. The van der Waals surface area contributed by atoms with Gasteiger partial charge in [-0.1, -0.05) is 6.07 Å². The zero-order valence-corrected chi connectivity index (χ0v) is 14.6. The Morgan fingerprint density at radius 3 is 2.92 bits per heavy atom. The number of carbonyl (C=O) groups excluding carboxylic acids is 1. The molecule has 0 unspecified atom stereocenters. The van der Waals surface area contributed by atoms with Crippen molar-refractivity contribution >= 4 is 23.1 Å². The SMILES string of the molecule is Cc1nc(C)c(C(=O)N2C[C@@H]3OCCN(c4ccccn4)[C@H]3C2)s1. The number of morpholine rings is 1. The Morgan fingerprint density at radius 2 is 2.21 bits per heavy atom. The van der Waals surface area contributed by atoms with Crippen LogP contribution in [0.3, 0.4) is 0 Å². The Hall–Kier alpha value is -1.99. The van der Waals surface area contributed by atoms with Crippen molar-refractivity contribution < 1.29 is 9.53 Å². The van der Waals surface area contributed by atoms with Gasteiger partial charge in [-0.2, -0.15) is 0 Å². The van der Waals surface area contributed by atoms with Crippen LogP contribution in [-0.2, 0) is 4.74 Å². The average molecular weight is 344 g/mol. The van der Waals surface area contributed by atoms with Crippen LogP contribution in [0.2, 0.25) is 0 Å². The van der Waals surface area contributed by atoms with Crippen molar-refractivity contribution in [2.24, 2.45) is 0 Å². The van der Waals surface area contributed by atoms with E-state index in [9.17, 15) is 4.79 Å². The van der Waals surface area contributed by atoms with Gasteiger partial charge >= 0.3 is 0 Å². The fraction of sp³-hybridized carbons (Fsp3) is 0.471. The molecule has 2 aliphatic heterocycles. The van der Waals surface area contributed by atoms with Gasteiger partial charge < -0.3 is 14.5 Å². The van der Waals surface area contributed by atoms with Gasteiger partial charge in [0.1, 0.15) is 10.7 Å². The lowest BCUT2D eigenvalue weighted by Gasteiger charge is -2.37. The lowest BCUT2D eigenvalue weighted by Crippen LogP contribution is -2.51. The van der Waals surface area contributed by atoms with E-state index in [0.717, 1.165) is 27.9 Å². The van der Waals surface area contributed by atoms with Crippen molar-refractivity contribution in [3.05, 3.63) is 40.0 Å². The minimum absolute atomic E-state index is 0.0408. The van der Waals surface area contributed by atoms with Gasteiger partial charge in [-0.25, -0.2) is 9.97 Å². The van der Waals surface area contributed by atoms with Gasteiger partial charge in [-0.05, 0) is 26.0 Å². The van der Waals surface area contributed by atoms with E-state index in [1.54, 1.807) is 6.20 Å². The number of carbonyl (C=O) groups is 1. The van der Waals surface area contributed by atoms with Gasteiger partial charge in [0.05, 0.1) is 29.5 Å². The third-order valence-corrected chi connectivity index (χ3v) is 5.69. The highest BCUT2D eigenvalue weighted by Gasteiger charge is 2.43. The first kappa shape index (κ1) is 15.5. The van der Waals surface area contributed by atoms with Crippen molar-refractivity contribution in [2.45, 2.75) is 26.0 Å². The number of ether oxygens (including phenoxy) is 1. The van der Waals surface area contributed by atoms with Crippen LogP contribution in [0.1, 0.15) is 20.4 Å². The number of nitrogens with zero attached hydrogens (tertiary/aromatic N) is 4. The number of fused-ring (bicyclic) bond motifs is 1. The zero-order valence-electron chi connectivity index (χ0n) is 13.8. The summed E-state index contributed by atoms with van der Waals surface area (Å²) in [5.74, 6) is 1.02. The summed E-state index contributed by atoms with van der Waals surface area (Å²) in [6, 6.07) is 6.09. The first-order valence-electron chi connectivity index (χ1n) is 8.16. The summed E-state index contributed by atoms with van der Waals surface area (Å²) in [6.07, 6.45) is 1.85. The Bertz CT molecular complexity index is 748. The number of thiazole rings is 1. The Balaban J connectivity index is 1.56. The predicted octanol–water partition coefficient (Wildman–Crippen LogP) is 1.88. The molecule has 0 aliphatic carbocycles. The van der Waals surface area contributed by atoms with Crippen LogP contribution < -0.4 is 4.90 Å². The molecule has 2 aromatic rings. The summed E-state index contributed by atoms with van der Waals surface area (Å²) in [7, 11) is 0. The number of aromatic nitrogens is 2. The van der Waals surface area contributed by atoms with Crippen LogP contribution >= 0.6 is 11.3 Å². The van der Waals surface area contributed by atoms with Gasteiger partial charge in [-0.15, -0.1) is 11.3 Å². The molecule has 126 valence electrons. The van der Waals surface area contributed by atoms with Gasteiger partial charge in [0.25, 0.3) is 5.91 Å². The van der Waals surface area contributed by atoms with Crippen LogP contribution in [0.5, 0.6) is 0 Å². The van der Waals surface area contributed by atoms with Crippen LogP contribution in [0.15, 0.2) is 24.4 Å². The van der Waals surface area contributed by atoms with Crippen molar-refractivity contribution in [2.75, 3.05) is 31.1 Å². The van der Waals surface area contributed by atoms with Crippen LogP contribution in [0.4, 0.5) is 5.82 Å². The summed E-state index contributed by atoms with van der Waals surface area (Å²) in [6.45, 7) is 6.59. The van der Waals surface area contributed by atoms with Gasteiger partial charge in [-0.3, -0.25) is 4.79 Å². The predicted molar refractivity (Wildman–Crippen MR) is 92.6 cm³/mol. The highest BCUT2D eigenvalue weighted by molar-refractivity contribution is 7.13. The van der Waals surface area contributed by atoms with E-state index < -0.39 is 0 Å². The monoisotopic (exact) mass is 344 g/mol. The lowest BCUT2D eigenvalue weighted by molar-refractivity contribution is 0.0300. The zero-order chi connectivity index (χ0) is 16.7. The lowest BCUT2D eigenvalue weighted by atomic mass is 10.1. The molecule has 6 nitrogen and oxygen atoms in total. The maximum Gasteiger partial charge on any atom is 0.266 e. The summed E-state index contributed by atoms with van der Waals surface area (Å²) in [5, 5.41) is 0.929. The number of pyridine rings is 1. The molecule has 2 atom stereocenters. The maximum atomic E-state index is 12.9. The molecule has 4 heterocycles. The molecule has 0 radical (unpaired) electrons. The number of aryl methyl sites for hydroxylation is 2. The molecular formula is C17H20N4O2S. The molecule has 2 saturated heterocycles. The standard InChI is InChI=1S/C17H20N4O2S/c1-11-16(24-12(2)19-11)17(22)20-9-13-14(10-20)23-8-7-21(13)15-5-3-4-6-18-15/h3-6,13-14H,7-10H2,1-2H3/t13-,14-/m0/s1. The van der Waals surface area contributed by atoms with E-state index in [-0.39, 0.29) is 18.1 Å². The number of hydrogen-bond donors (Lipinski definition) is 0. The topological polar surface area (TPSA) is 58.6 Å². The molecule has 4 rings (SSSR count). The van der Waals surface area contributed by atoms with Gasteiger partial charge in [0.15, 0.2) is 0 Å². The van der Waals surface area contributed by atoms with E-state index in [2.05, 4.69) is 14.9 Å². The molecule has 2 aliphatic rings. The van der Waals surface area contributed by atoms with Crippen molar-refractivity contribution in [1.29, 1.82) is 0 Å². The molecular weight excluding hydrogens is 324 g/mol. The third kappa shape index (κ3) is 2.67. The third-order valence-electron chi connectivity index (χ3n) is 4.63. The molecule has 24 heavy (non-hydrogen) atoms. The molecule has 0 saturated carbocycles. The second-order valence-electron chi connectivity index (χ2n) is 6.22. The quantitative estimate of drug-likeness (QED) is 0.833. The van der Waals surface area contributed by atoms with Gasteiger partial charge in [0, 0.05) is 25.8 Å². The van der Waals surface area contributed by atoms with Crippen LogP contribution in [-0.4, -0.2) is 59.2 Å². The van der Waals surface area contributed by atoms with E-state index >= 15 is 0 Å². The molecule has 2 fully saturated rings. The van der Waals surface area contributed by atoms with Crippen molar-refractivity contribution in [3.8, 4) is 0 Å². The second-order valence-corrected chi connectivity index (χ2v) is 7.42. The number of hydrogen-bond acceptors (Lipinski definition) is 6. The number of anilines is 1. The summed E-state index contributed by atoms with van der Waals surface area (Å²) in [4.78, 5) is 26.6. The van der Waals surface area contributed by atoms with E-state index in [1.807, 2.05) is 36.9 Å². The molecule has 0 aromatic carbocycles. The molecule has 7 heteroatoms. The Kier molecular flexibility index (Phi) is 3.97. The molecule has 0 spiro atoms. The minimum Gasteiger partial charge on any atom is -0.372 e. The fourth-order valence-electron chi connectivity index (χ4n) is 3.54. The first-order chi connectivity index (χ1) is 11.6. The smallest absolute Gasteiger partial charge is 0.266 e. The van der Waals surface area contributed by atoms with Crippen molar-refractivity contribution in [1.82, 2.24) is 14.9 Å². The summed E-state index contributed by atoms with van der Waals surface area (Å²) in [5.41, 5.74) is 0.819. The van der Waals surface area contributed by atoms with Gasteiger partial charge in [0.2, 0.25) is 0 Å². The van der Waals surface area contributed by atoms with E-state index in [1.165, 1.54) is 11.3 Å². The van der Waals surface area contributed by atoms with Crippen LogP contribution in [0, 0.1) is 13.8 Å². The normalized spacial score (nSPS) is 23.4. The second kappa shape index (κ2) is 6.14. The number of rotatable bonds is 2. The maximum absolute atomic E-state index is 12.9. The van der Waals surface area contributed by atoms with Crippen molar-refractivity contribution in [3.63, 3.8) is 0 Å². The van der Waals surface area contributed by atoms with Crippen LogP contribution in [0.25, 0.3) is 0 Å². The minimum atomic E-state index is 0.0408. The van der Waals surface area contributed by atoms with E-state index in [0.29, 0.717) is 19.7 Å². The van der Waals surface area contributed by atoms with E-state index in [4.69, 9.17) is 4.74 Å². The number of likely N-dealkylation sites (tertiary alicyclic amines) is 1. The first-order valence-corrected chi connectivity index (χ1v) is 8.97. The largest absolute Gasteiger partial charge is 0.372 e. The molecule has 0 N–H and O–H groups in total. The molecule has 1 amide bonds.